The predicted octanol–water partition coefficient (Wildman–Crippen LogP) is 4.05. The third-order valence-electron chi connectivity index (χ3n) is 10.2. The normalized spacial score (nSPS) is 27.5. The van der Waals surface area contributed by atoms with Gasteiger partial charge in [-0.2, -0.15) is 23.1 Å². The number of hydrogen-bond donors (Lipinski definition) is 3. The summed E-state index contributed by atoms with van der Waals surface area (Å²) in [5.41, 5.74) is 2.51. The van der Waals surface area contributed by atoms with Crippen molar-refractivity contribution in [1.82, 2.24) is 25.5 Å². The second-order valence-corrected chi connectivity index (χ2v) is 13.2. The number of nitrogens with zero attached hydrogens (tertiary/aromatic N) is 4. The monoisotopic (exact) mass is 687 g/mol. The number of hydrogen-bond acceptors (Lipinski definition) is 9. The van der Waals surface area contributed by atoms with E-state index in [4.69, 9.17) is 20.2 Å². The molecule has 3 atom stereocenters. The molecule has 11 nitrogen and oxygen atoms in total. The summed E-state index contributed by atoms with van der Waals surface area (Å²) in [5, 5.41) is 5.01. The van der Waals surface area contributed by atoms with E-state index in [0.29, 0.717) is 55.6 Å². The van der Waals surface area contributed by atoms with E-state index >= 15 is 4.39 Å². The molecule has 6 heterocycles. The number of fused-ring (bicyclic) bond motifs is 2. The number of piperidine rings is 1. The fourth-order valence-electron chi connectivity index (χ4n) is 7.99. The van der Waals surface area contributed by atoms with Gasteiger partial charge in [0.1, 0.15) is 18.0 Å². The molecule has 4 fully saturated rings. The highest BCUT2D eigenvalue weighted by Gasteiger charge is 2.50. The minimum Gasteiger partial charge on any atom is -0.461 e. The van der Waals surface area contributed by atoms with Crippen LogP contribution in [0.15, 0.2) is 18.0 Å². The standard InChI is InChI=1S/C33H34F5N7O4/c1-2-5-19-10-21(39)26(35)24(25(19)33(36,37)38)23-11-22-20(15-48-23)27(44-8-4-7-32(16-44)28(46)42-29(47)43-32)41-30(40-22)49-17-31-6-3-9-45(31)14-18(12-31)13-34/h10,13,23H,3-4,6-9,11-12,14-17,39H2,1H3,(H2,42,43,46,47)/b18-13+/t23?,31-,32?/m0/s1. The molecule has 1 aromatic carbocycles. The van der Waals surface area contributed by atoms with E-state index in [1.807, 2.05) is 0 Å². The summed E-state index contributed by atoms with van der Waals surface area (Å²) in [4.78, 5) is 38.2. The van der Waals surface area contributed by atoms with Crippen molar-refractivity contribution >= 4 is 23.4 Å². The van der Waals surface area contributed by atoms with Crippen molar-refractivity contribution in [1.29, 1.82) is 0 Å². The fraction of sp³-hybridized carbons (Fsp3) is 0.515. The Bertz CT molecular complexity index is 1820. The van der Waals surface area contributed by atoms with Gasteiger partial charge in [-0.3, -0.25) is 15.0 Å². The molecule has 16 heteroatoms. The Balaban J connectivity index is 1.28. The van der Waals surface area contributed by atoms with E-state index in [9.17, 15) is 27.2 Å². The first-order valence-electron chi connectivity index (χ1n) is 16.0. The van der Waals surface area contributed by atoms with Gasteiger partial charge in [0.05, 0.1) is 48.1 Å². The van der Waals surface area contributed by atoms with Gasteiger partial charge in [0.25, 0.3) is 5.91 Å². The summed E-state index contributed by atoms with van der Waals surface area (Å²) in [6.45, 7) is 2.95. The van der Waals surface area contributed by atoms with Gasteiger partial charge in [-0.15, -0.1) is 5.92 Å². The van der Waals surface area contributed by atoms with Crippen LogP contribution in [0.3, 0.4) is 0 Å². The van der Waals surface area contributed by atoms with Crippen molar-refractivity contribution in [2.24, 2.45) is 0 Å². The number of alkyl halides is 3. The SMILES string of the molecule is CC#Cc1cc(N)c(F)c(C2Cc3nc(OC[C@@]45CCCN4C/C(=C/F)C5)nc(N4CCCC5(C4)NC(=O)NC5=O)c3CO2)c1C(F)(F)F. The molecule has 260 valence electrons. The summed E-state index contributed by atoms with van der Waals surface area (Å²) in [6, 6.07) is 0.181. The Morgan fingerprint density at radius 3 is 2.73 bits per heavy atom. The number of nitrogens with two attached hydrogens (primary N) is 1. The molecule has 49 heavy (non-hydrogen) atoms. The summed E-state index contributed by atoms with van der Waals surface area (Å²) in [5.74, 6) is 3.42. The summed E-state index contributed by atoms with van der Waals surface area (Å²) < 4.78 is 84.8. The molecule has 4 N–H and O–H groups in total. The molecule has 7 rings (SSSR count). The molecule has 2 unspecified atom stereocenters. The van der Waals surface area contributed by atoms with Crippen molar-refractivity contribution in [2.75, 3.05) is 43.4 Å². The Morgan fingerprint density at radius 1 is 1.22 bits per heavy atom. The number of aromatic nitrogens is 2. The van der Waals surface area contributed by atoms with Crippen LogP contribution >= 0.6 is 0 Å². The van der Waals surface area contributed by atoms with Crippen LogP contribution in [0, 0.1) is 17.7 Å². The lowest BCUT2D eigenvalue weighted by molar-refractivity contribution is -0.140. The number of ether oxygens (including phenoxy) is 2. The number of imide groups is 1. The van der Waals surface area contributed by atoms with Crippen molar-refractivity contribution in [2.45, 2.75) is 75.4 Å². The van der Waals surface area contributed by atoms with Crippen molar-refractivity contribution < 1.29 is 41.0 Å². The number of anilines is 2. The van der Waals surface area contributed by atoms with Gasteiger partial charge in [-0.25, -0.2) is 13.6 Å². The van der Waals surface area contributed by atoms with E-state index < -0.39 is 63.5 Å². The average Bonchev–Trinajstić information content (AvgIpc) is 3.69. The number of halogens is 5. The summed E-state index contributed by atoms with van der Waals surface area (Å²) >= 11 is 0. The quantitative estimate of drug-likeness (QED) is 0.184. The number of nitrogen functional groups attached to an aromatic ring is 1. The molecular formula is C33H34F5N7O4. The van der Waals surface area contributed by atoms with Gasteiger partial charge < -0.3 is 25.4 Å². The number of urea groups is 1. The minimum atomic E-state index is -4.98. The zero-order valence-corrected chi connectivity index (χ0v) is 26.6. The lowest BCUT2D eigenvalue weighted by Crippen LogP contribution is -2.59. The maximum atomic E-state index is 15.6. The maximum absolute atomic E-state index is 15.6. The van der Waals surface area contributed by atoms with Crippen LogP contribution in [0.25, 0.3) is 0 Å². The second-order valence-electron chi connectivity index (χ2n) is 13.2. The first-order chi connectivity index (χ1) is 23.4. The molecule has 4 saturated heterocycles. The molecule has 2 aromatic rings. The van der Waals surface area contributed by atoms with E-state index in [2.05, 4.69) is 32.4 Å². The van der Waals surface area contributed by atoms with Gasteiger partial charge in [0, 0.05) is 36.2 Å². The first-order valence-corrected chi connectivity index (χ1v) is 16.0. The number of amides is 3. The van der Waals surface area contributed by atoms with Gasteiger partial charge in [-0.05, 0) is 57.2 Å². The lowest BCUT2D eigenvalue weighted by atomic mass is 9.88. The van der Waals surface area contributed by atoms with Crippen LogP contribution in [0.4, 0.5) is 38.3 Å². The Labute approximate surface area is 278 Å². The molecule has 5 aliphatic heterocycles. The van der Waals surface area contributed by atoms with Crippen LogP contribution in [0.2, 0.25) is 0 Å². The van der Waals surface area contributed by atoms with Crippen LogP contribution in [0.5, 0.6) is 6.01 Å². The Hall–Kier alpha value is -4.49. The molecule has 1 aromatic heterocycles. The number of benzene rings is 1. The van der Waals surface area contributed by atoms with Gasteiger partial charge in [0.15, 0.2) is 5.82 Å². The van der Waals surface area contributed by atoms with E-state index in [-0.39, 0.29) is 37.9 Å². The first kappa shape index (κ1) is 33.0. The summed E-state index contributed by atoms with van der Waals surface area (Å²) in [6.07, 6.45) is -3.05. The largest absolute Gasteiger partial charge is 0.461 e. The number of carbonyl (C=O) groups excluding carboxylic acids is 2. The van der Waals surface area contributed by atoms with E-state index in [1.165, 1.54) is 6.92 Å². The van der Waals surface area contributed by atoms with Crippen LogP contribution in [-0.2, 0) is 28.7 Å². The predicted molar refractivity (Wildman–Crippen MR) is 165 cm³/mol. The minimum absolute atomic E-state index is 0.0559. The number of rotatable bonds is 5. The zero-order valence-electron chi connectivity index (χ0n) is 26.6. The third kappa shape index (κ3) is 5.72. The van der Waals surface area contributed by atoms with Gasteiger partial charge in [-0.1, -0.05) is 5.92 Å². The van der Waals surface area contributed by atoms with Crippen molar-refractivity contribution in [3.63, 3.8) is 0 Å². The highest BCUT2D eigenvalue weighted by atomic mass is 19.4. The molecule has 1 spiro atoms. The van der Waals surface area contributed by atoms with Crippen LogP contribution < -0.4 is 26.0 Å². The molecule has 0 radical (unpaired) electrons. The summed E-state index contributed by atoms with van der Waals surface area (Å²) in [7, 11) is 0. The molecule has 3 amide bonds. The Kier molecular flexibility index (Phi) is 8.18. The number of nitrogens with one attached hydrogen (secondary N) is 2. The molecule has 0 aliphatic carbocycles. The van der Waals surface area contributed by atoms with Crippen molar-refractivity contribution in [3.8, 4) is 17.9 Å². The highest BCUT2D eigenvalue weighted by molar-refractivity contribution is 6.07. The molecule has 0 bridgehead atoms. The van der Waals surface area contributed by atoms with E-state index in [0.717, 1.165) is 25.5 Å². The smallest absolute Gasteiger partial charge is 0.418 e. The van der Waals surface area contributed by atoms with Gasteiger partial charge in [0.2, 0.25) is 0 Å². The third-order valence-corrected chi connectivity index (χ3v) is 10.2. The molecule has 5 aliphatic rings. The topological polar surface area (TPSA) is 135 Å². The van der Waals surface area contributed by atoms with E-state index in [1.54, 1.807) is 4.90 Å². The van der Waals surface area contributed by atoms with Crippen LogP contribution in [-0.4, -0.2) is 70.7 Å². The zero-order chi connectivity index (χ0) is 34.7. The molecular weight excluding hydrogens is 653 g/mol. The molecule has 0 saturated carbocycles. The highest BCUT2D eigenvalue weighted by Crippen LogP contribution is 2.46. The van der Waals surface area contributed by atoms with Crippen LogP contribution in [0.1, 0.15) is 73.1 Å². The average molecular weight is 688 g/mol. The second kappa shape index (κ2) is 12.1. The lowest BCUT2D eigenvalue weighted by Gasteiger charge is -2.40. The van der Waals surface area contributed by atoms with Crippen molar-refractivity contribution in [3.05, 3.63) is 51.7 Å². The maximum Gasteiger partial charge on any atom is 0.418 e. The fourth-order valence-corrected chi connectivity index (χ4v) is 7.99. The number of carbonyl (C=O) groups is 2. The van der Waals surface area contributed by atoms with Gasteiger partial charge >= 0.3 is 18.2 Å². The Morgan fingerprint density at radius 2 is 2.02 bits per heavy atom.